The van der Waals surface area contributed by atoms with Crippen molar-refractivity contribution in [2.24, 2.45) is 0 Å². The second-order valence-electron chi connectivity index (χ2n) is 5.04. The van der Waals surface area contributed by atoms with Crippen molar-refractivity contribution in [3.8, 4) is 11.1 Å². The number of nitrogens with zero attached hydrogens (tertiary/aromatic N) is 1. The summed E-state index contributed by atoms with van der Waals surface area (Å²) in [7, 11) is -1.15. The summed E-state index contributed by atoms with van der Waals surface area (Å²) < 4.78 is 12.3. The van der Waals surface area contributed by atoms with E-state index < -0.39 is 10.8 Å². The van der Waals surface area contributed by atoms with Gasteiger partial charge in [-0.25, -0.2) is 4.98 Å². The van der Waals surface area contributed by atoms with Gasteiger partial charge in [0.15, 0.2) is 0 Å². The van der Waals surface area contributed by atoms with Gasteiger partial charge in [0.25, 0.3) is 0 Å². The minimum atomic E-state index is -1.15. The highest BCUT2D eigenvalue weighted by Crippen LogP contribution is 2.35. The molecule has 0 radical (unpaired) electrons. The van der Waals surface area contributed by atoms with Crippen molar-refractivity contribution >= 4 is 27.5 Å². The molecule has 3 rings (SSSR count). The van der Waals surface area contributed by atoms with Crippen molar-refractivity contribution in [1.82, 2.24) is 4.98 Å². The number of nitrogens with two attached hydrogens (primary N) is 1. The predicted octanol–water partition coefficient (Wildman–Crippen LogP) is 3.53. The minimum absolute atomic E-state index is 0.419. The van der Waals surface area contributed by atoms with Gasteiger partial charge in [0.2, 0.25) is 0 Å². The Morgan fingerprint density at radius 1 is 1.10 bits per heavy atom. The highest BCUT2D eigenvalue weighted by molar-refractivity contribution is 7.84. The highest BCUT2D eigenvalue weighted by Gasteiger charge is 2.17. The van der Waals surface area contributed by atoms with Gasteiger partial charge in [-0.05, 0) is 24.6 Å². The van der Waals surface area contributed by atoms with Gasteiger partial charge in [0.1, 0.15) is 5.82 Å². The zero-order valence-corrected chi connectivity index (χ0v) is 12.8. The van der Waals surface area contributed by atoms with Gasteiger partial charge in [-0.3, -0.25) is 4.21 Å². The number of hydrogen-bond acceptors (Lipinski definition) is 3. The molecule has 1 unspecified atom stereocenters. The van der Waals surface area contributed by atoms with Crippen molar-refractivity contribution < 1.29 is 4.21 Å². The summed E-state index contributed by atoms with van der Waals surface area (Å²) in [5.74, 6) is 0.419. The van der Waals surface area contributed by atoms with Crippen molar-refractivity contribution in [1.29, 1.82) is 0 Å². The second-order valence-corrected chi connectivity index (χ2v) is 6.36. The molecule has 1 aromatic heterocycles. The maximum atomic E-state index is 12.3. The zero-order valence-electron chi connectivity index (χ0n) is 12.0. The van der Waals surface area contributed by atoms with Crippen LogP contribution in [0, 0.1) is 6.92 Å². The number of aryl methyl sites for hydroxylation is 1. The summed E-state index contributed by atoms with van der Waals surface area (Å²) in [5, 5.41) is 0.906. The van der Waals surface area contributed by atoms with Crippen LogP contribution in [-0.4, -0.2) is 15.4 Å². The standard InChI is InChI=1S/C17H16N2OS/c1-11-8-9-14-13(10-11)16(21(2)20)15(17(18)19-14)12-6-4-3-5-7-12/h3-10H,1-2H3,(H2,18,19). The Morgan fingerprint density at radius 3 is 2.48 bits per heavy atom. The van der Waals surface area contributed by atoms with Gasteiger partial charge in [0, 0.05) is 17.2 Å². The molecule has 3 aromatic rings. The molecule has 0 fully saturated rings. The normalized spacial score (nSPS) is 12.5. The number of anilines is 1. The molecule has 2 aromatic carbocycles. The van der Waals surface area contributed by atoms with Crippen LogP contribution in [0.2, 0.25) is 0 Å². The molecule has 1 heterocycles. The fraction of sp³-hybridized carbons (Fsp3) is 0.118. The van der Waals surface area contributed by atoms with E-state index in [0.717, 1.165) is 32.5 Å². The van der Waals surface area contributed by atoms with E-state index in [1.807, 2.05) is 55.5 Å². The Bertz CT molecular complexity index is 844. The van der Waals surface area contributed by atoms with E-state index >= 15 is 0 Å². The molecule has 0 saturated heterocycles. The number of rotatable bonds is 2. The fourth-order valence-electron chi connectivity index (χ4n) is 2.55. The zero-order chi connectivity index (χ0) is 15.0. The van der Waals surface area contributed by atoms with Gasteiger partial charge in [0.05, 0.1) is 21.2 Å². The van der Waals surface area contributed by atoms with E-state index in [1.54, 1.807) is 6.26 Å². The summed E-state index contributed by atoms with van der Waals surface area (Å²) in [6, 6.07) is 15.7. The molecule has 0 aliphatic carbocycles. The van der Waals surface area contributed by atoms with Gasteiger partial charge in [-0.15, -0.1) is 0 Å². The van der Waals surface area contributed by atoms with Crippen molar-refractivity contribution in [3.63, 3.8) is 0 Å². The monoisotopic (exact) mass is 296 g/mol. The first kappa shape index (κ1) is 13.8. The summed E-state index contributed by atoms with van der Waals surface area (Å²) >= 11 is 0. The van der Waals surface area contributed by atoms with Crippen molar-refractivity contribution in [2.45, 2.75) is 11.8 Å². The first-order valence-corrected chi connectivity index (χ1v) is 8.22. The molecule has 4 heteroatoms. The molecule has 0 saturated carbocycles. The average Bonchev–Trinajstić information content (AvgIpc) is 2.47. The topological polar surface area (TPSA) is 56.0 Å². The van der Waals surface area contributed by atoms with Crippen LogP contribution in [0.1, 0.15) is 5.56 Å². The molecule has 1 atom stereocenters. The van der Waals surface area contributed by atoms with E-state index in [0.29, 0.717) is 5.82 Å². The lowest BCUT2D eigenvalue weighted by molar-refractivity contribution is 0.687. The Balaban J connectivity index is 2.46. The van der Waals surface area contributed by atoms with Crippen LogP contribution in [0.15, 0.2) is 53.4 Å². The number of hydrogen-bond donors (Lipinski definition) is 1. The summed E-state index contributed by atoms with van der Waals surface area (Å²) in [6.07, 6.45) is 1.68. The van der Waals surface area contributed by atoms with E-state index in [2.05, 4.69) is 4.98 Å². The van der Waals surface area contributed by atoms with Crippen LogP contribution in [0.4, 0.5) is 5.82 Å². The van der Waals surface area contributed by atoms with Crippen LogP contribution in [-0.2, 0) is 10.8 Å². The predicted molar refractivity (Wildman–Crippen MR) is 88.7 cm³/mol. The Labute approximate surface area is 126 Å². The minimum Gasteiger partial charge on any atom is -0.383 e. The molecule has 3 nitrogen and oxygen atoms in total. The molecule has 0 bridgehead atoms. The molecule has 0 aliphatic rings. The van der Waals surface area contributed by atoms with Crippen LogP contribution >= 0.6 is 0 Å². The summed E-state index contributed by atoms with van der Waals surface area (Å²) in [6.45, 7) is 2.01. The highest BCUT2D eigenvalue weighted by atomic mass is 32.2. The van der Waals surface area contributed by atoms with Crippen LogP contribution in [0.3, 0.4) is 0 Å². The van der Waals surface area contributed by atoms with E-state index in [4.69, 9.17) is 5.73 Å². The van der Waals surface area contributed by atoms with Gasteiger partial charge < -0.3 is 5.73 Å². The molecular weight excluding hydrogens is 280 g/mol. The fourth-order valence-corrected chi connectivity index (χ4v) is 3.53. The largest absolute Gasteiger partial charge is 0.383 e. The molecule has 106 valence electrons. The maximum absolute atomic E-state index is 12.3. The third-order valence-corrected chi connectivity index (χ3v) is 4.47. The average molecular weight is 296 g/mol. The number of aromatic nitrogens is 1. The van der Waals surface area contributed by atoms with Gasteiger partial charge in [-0.1, -0.05) is 42.0 Å². The van der Waals surface area contributed by atoms with E-state index in [-0.39, 0.29) is 0 Å². The third kappa shape index (κ3) is 2.43. The molecule has 21 heavy (non-hydrogen) atoms. The number of pyridine rings is 1. The summed E-state index contributed by atoms with van der Waals surface area (Å²) in [4.78, 5) is 5.24. The number of benzene rings is 2. The van der Waals surface area contributed by atoms with Crippen LogP contribution in [0.5, 0.6) is 0 Å². The first-order chi connectivity index (χ1) is 10.1. The van der Waals surface area contributed by atoms with Gasteiger partial charge >= 0.3 is 0 Å². The maximum Gasteiger partial charge on any atom is 0.133 e. The molecule has 2 N–H and O–H groups in total. The molecular formula is C17H16N2OS. The van der Waals surface area contributed by atoms with Crippen LogP contribution in [0.25, 0.3) is 22.0 Å². The van der Waals surface area contributed by atoms with Crippen molar-refractivity contribution in [2.75, 3.05) is 12.0 Å². The quantitative estimate of drug-likeness (QED) is 0.787. The Morgan fingerprint density at radius 2 is 1.81 bits per heavy atom. The Hall–Kier alpha value is -2.20. The molecule has 0 spiro atoms. The number of nitrogen functional groups attached to an aromatic ring is 1. The molecule has 0 amide bonds. The van der Waals surface area contributed by atoms with Gasteiger partial charge in [-0.2, -0.15) is 0 Å². The lowest BCUT2D eigenvalue weighted by Crippen LogP contribution is -2.02. The third-order valence-electron chi connectivity index (χ3n) is 3.47. The SMILES string of the molecule is Cc1ccc2nc(N)c(-c3ccccc3)c(S(C)=O)c2c1. The smallest absolute Gasteiger partial charge is 0.133 e. The van der Waals surface area contributed by atoms with Crippen molar-refractivity contribution in [3.05, 3.63) is 54.1 Å². The number of fused-ring (bicyclic) bond motifs is 1. The summed E-state index contributed by atoms with van der Waals surface area (Å²) in [5.41, 5.74) is 9.75. The van der Waals surface area contributed by atoms with E-state index in [9.17, 15) is 4.21 Å². The Kier molecular flexibility index (Phi) is 3.47. The first-order valence-electron chi connectivity index (χ1n) is 6.66. The molecule has 0 aliphatic heterocycles. The lowest BCUT2D eigenvalue weighted by Gasteiger charge is -2.14. The second kappa shape index (κ2) is 5.30. The van der Waals surface area contributed by atoms with E-state index in [1.165, 1.54) is 0 Å². The lowest BCUT2D eigenvalue weighted by atomic mass is 10.0. The van der Waals surface area contributed by atoms with Crippen LogP contribution < -0.4 is 5.73 Å².